The van der Waals surface area contributed by atoms with Crippen LogP contribution in [0.2, 0.25) is 0 Å². The van der Waals surface area contributed by atoms with Gasteiger partial charge in [-0.05, 0) is 0 Å². The summed E-state index contributed by atoms with van der Waals surface area (Å²) in [4.78, 5) is 29.3. The van der Waals surface area contributed by atoms with Crippen molar-refractivity contribution in [2.45, 2.75) is 0 Å². The van der Waals surface area contributed by atoms with Crippen molar-refractivity contribution in [2.24, 2.45) is 0 Å². The number of rotatable bonds is 0. The topological polar surface area (TPSA) is 80.9 Å². The largest absolute Gasteiger partial charge is 0 e. The molecule has 0 aromatic rings. The van der Waals surface area contributed by atoms with E-state index in [1.54, 1.807) is 0 Å². The molecular weight excluding hydrogens is 229 g/mol. The fraction of sp³-hybridized carbons (Fsp3) is 0. The molecule has 0 amide bonds. The van der Waals surface area contributed by atoms with Crippen molar-refractivity contribution in [3.8, 4) is 0 Å². The average molecular weight is 235 g/mol. The van der Waals surface area contributed by atoms with E-state index in [1.807, 2.05) is 0 Å². The van der Waals surface area contributed by atoms with Crippen molar-refractivity contribution in [1.82, 2.24) is 0 Å². The van der Waals surface area contributed by atoms with Crippen LogP contribution in [0.3, 0.4) is 0 Å². The normalized spacial score (nSPS) is 7.50. The summed E-state index contributed by atoms with van der Waals surface area (Å²) in [6.07, 6.45) is 0. The molecule has 0 saturated heterocycles. The number of hydrogen-bond donors (Lipinski definition) is 4. The van der Waals surface area contributed by atoms with Gasteiger partial charge < -0.3 is 19.2 Å². The zero-order valence-electron chi connectivity index (χ0n) is 2.79. The Balaban J connectivity index is -0.0000000267. The SMILES string of the molecule is O[Si](O)(O)O.[NaH].[NaH].[Zr]. The second kappa shape index (κ2) is 9.94. The first-order valence-electron chi connectivity index (χ1n) is 0.894. The molecule has 0 aliphatic rings. The van der Waals surface area contributed by atoms with Crippen molar-refractivity contribution in [2.75, 3.05) is 0 Å². The van der Waals surface area contributed by atoms with E-state index in [-0.39, 0.29) is 85.3 Å². The Kier molecular flexibility index (Phi) is 27.9. The molecule has 0 unspecified atom stereocenters. The summed E-state index contributed by atoms with van der Waals surface area (Å²) in [7, 11) is -4.61. The molecule has 4 nitrogen and oxygen atoms in total. The zero-order chi connectivity index (χ0) is 4.50. The quantitative estimate of drug-likeness (QED) is 0.324. The molecule has 40 valence electrons. The molecule has 0 aromatic carbocycles. The minimum Gasteiger partial charge on any atom is 0 e. The van der Waals surface area contributed by atoms with Gasteiger partial charge in [0.1, 0.15) is 0 Å². The molecular formula is H6Na2O4SiZr. The maximum absolute atomic E-state index is 7.33. The van der Waals surface area contributed by atoms with Crippen LogP contribution in [0.5, 0.6) is 0 Å². The molecule has 0 saturated carbocycles. The van der Waals surface area contributed by atoms with Crippen molar-refractivity contribution in [1.29, 1.82) is 0 Å². The van der Waals surface area contributed by atoms with E-state index in [9.17, 15) is 0 Å². The Morgan fingerprint density at radius 1 is 0.750 bits per heavy atom. The third-order valence-corrected chi connectivity index (χ3v) is 0. The summed E-state index contributed by atoms with van der Waals surface area (Å²) in [6, 6.07) is 0. The fourth-order valence-corrected chi connectivity index (χ4v) is 0. The van der Waals surface area contributed by atoms with Crippen molar-refractivity contribution in [3.63, 3.8) is 0 Å². The summed E-state index contributed by atoms with van der Waals surface area (Å²) >= 11 is 0. The molecule has 0 radical (unpaired) electrons. The van der Waals surface area contributed by atoms with E-state index >= 15 is 0 Å². The van der Waals surface area contributed by atoms with Crippen molar-refractivity contribution >= 4 is 68.2 Å². The van der Waals surface area contributed by atoms with Crippen LogP contribution in [-0.4, -0.2) is 87.3 Å². The van der Waals surface area contributed by atoms with Gasteiger partial charge in [0, 0.05) is 26.2 Å². The maximum atomic E-state index is 7.33. The van der Waals surface area contributed by atoms with Gasteiger partial charge in [-0.2, -0.15) is 0 Å². The van der Waals surface area contributed by atoms with E-state index in [0.717, 1.165) is 0 Å². The molecule has 0 fully saturated rings. The number of hydrogen-bond acceptors (Lipinski definition) is 4. The van der Waals surface area contributed by atoms with E-state index in [2.05, 4.69) is 0 Å². The first kappa shape index (κ1) is 22.4. The van der Waals surface area contributed by atoms with Crippen LogP contribution in [0, 0.1) is 0 Å². The van der Waals surface area contributed by atoms with Crippen LogP contribution >= 0.6 is 0 Å². The Morgan fingerprint density at radius 3 is 0.750 bits per heavy atom. The summed E-state index contributed by atoms with van der Waals surface area (Å²) in [6.45, 7) is 0. The first-order valence-corrected chi connectivity index (χ1v) is 2.68. The van der Waals surface area contributed by atoms with Gasteiger partial charge in [0.05, 0.1) is 0 Å². The van der Waals surface area contributed by atoms with Gasteiger partial charge in [0.25, 0.3) is 0 Å². The predicted octanol–water partition coefficient (Wildman–Crippen LogP) is -3.91. The van der Waals surface area contributed by atoms with Gasteiger partial charge >= 0.3 is 68.2 Å². The third kappa shape index (κ3) is 65.2. The van der Waals surface area contributed by atoms with Crippen molar-refractivity contribution < 1.29 is 45.4 Å². The molecule has 0 atom stereocenters. The molecule has 0 heterocycles. The van der Waals surface area contributed by atoms with E-state index < -0.39 is 9.05 Å². The van der Waals surface area contributed by atoms with E-state index in [1.165, 1.54) is 0 Å². The second-order valence-electron chi connectivity index (χ2n) is 0.600. The maximum Gasteiger partial charge on any atom is 0 e. The Labute approximate surface area is 112 Å². The molecule has 0 rings (SSSR count). The van der Waals surface area contributed by atoms with Gasteiger partial charge in [-0.15, -0.1) is 0 Å². The van der Waals surface area contributed by atoms with Crippen LogP contribution in [0.4, 0.5) is 0 Å². The molecule has 0 bridgehead atoms. The van der Waals surface area contributed by atoms with Crippen molar-refractivity contribution in [3.05, 3.63) is 0 Å². The van der Waals surface area contributed by atoms with Gasteiger partial charge in [0.2, 0.25) is 0 Å². The summed E-state index contributed by atoms with van der Waals surface area (Å²) < 4.78 is 0. The van der Waals surface area contributed by atoms with Crippen LogP contribution in [0.15, 0.2) is 0 Å². The molecule has 0 aliphatic carbocycles. The summed E-state index contributed by atoms with van der Waals surface area (Å²) in [5.41, 5.74) is 0. The zero-order valence-corrected chi connectivity index (χ0v) is 6.25. The van der Waals surface area contributed by atoms with Gasteiger partial charge in [-0.25, -0.2) is 0 Å². The smallest absolute Gasteiger partial charge is 0 e. The van der Waals surface area contributed by atoms with E-state index in [4.69, 9.17) is 19.2 Å². The fourth-order valence-electron chi connectivity index (χ4n) is 0. The molecule has 0 aromatic heterocycles. The predicted molar refractivity (Wildman–Crippen MR) is 28.9 cm³/mol. The Bertz CT molecular complexity index is 29.5. The molecule has 0 aliphatic heterocycles. The molecule has 8 heteroatoms. The Hall–Kier alpha value is 2.94. The van der Waals surface area contributed by atoms with Crippen LogP contribution < -0.4 is 0 Å². The minimum atomic E-state index is -4.61. The Morgan fingerprint density at radius 2 is 0.750 bits per heavy atom. The van der Waals surface area contributed by atoms with Crippen LogP contribution in [0.25, 0.3) is 0 Å². The summed E-state index contributed by atoms with van der Waals surface area (Å²) in [5, 5.41) is 0. The third-order valence-electron chi connectivity index (χ3n) is 0. The van der Waals surface area contributed by atoms with Gasteiger partial charge in [0.15, 0.2) is 0 Å². The molecule has 4 N–H and O–H groups in total. The average Bonchev–Trinajstić information content (AvgIpc) is 0.722. The molecule has 8 heavy (non-hydrogen) atoms. The van der Waals surface area contributed by atoms with E-state index in [0.29, 0.717) is 0 Å². The van der Waals surface area contributed by atoms with Crippen LogP contribution in [0.1, 0.15) is 0 Å². The standard InChI is InChI=1S/2Na.H4O4Si.Zr.2H/c;;1-5(2,3)4;;;/h;;1-4H;;;. The molecule has 0 spiro atoms. The first-order chi connectivity index (χ1) is 2.00. The van der Waals surface area contributed by atoms with Gasteiger partial charge in [-0.1, -0.05) is 0 Å². The second-order valence-corrected chi connectivity index (χ2v) is 1.80. The monoisotopic (exact) mass is 234 g/mol. The van der Waals surface area contributed by atoms with Gasteiger partial charge in [-0.3, -0.25) is 0 Å². The summed E-state index contributed by atoms with van der Waals surface area (Å²) in [5.74, 6) is 0. The van der Waals surface area contributed by atoms with Crippen LogP contribution in [-0.2, 0) is 26.2 Å². The minimum absolute atomic E-state index is 0.